The van der Waals surface area contributed by atoms with Gasteiger partial charge in [0, 0.05) is 25.3 Å². The van der Waals surface area contributed by atoms with E-state index in [9.17, 15) is 4.79 Å². The lowest BCUT2D eigenvalue weighted by atomic mass is 9.97. The quantitative estimate of drug-likeness (QED) is 0.776. The summed E-state index contributed by atoms with van der Waals surface area (Å²) in [6.07, 6.45) is 16.8. The van der Waals surface area contributed by atoms with Gasteiger partial charge in [0.15, 0.2) is 0 Å². The van der Waals surface area contributed by atoms with Crippen molar-refractivity contribution in [2.24, 2.45) is 0 Å². The number of anilines is 1. The first-order valence-corrected chi connectivity index (χ1v) is 9.95. The normalized spacial score (nSPS) is 20.9. The molecule has 2 heterocycles. The molecule has 1 saturated heterocycles. The molecule has 1 aliphatic carbocycles. The topological polar surface area (TPSA) is 45.2 Å². The minimum absolute atomic E-state index is 0.00387. The van der Waals surface area contributed by atoms with E-state index in [1.54, 1.807) is 6.20 Å². The van der Waals surface area contributed by atoms with Crippen molar-refractivity contribution in [3.8, 4) is 0 Å². The van der Waals surface area contributed by atoms with Gasteiger partial charge < -0.3 is 10.2 Å². The summed E-state index contributed by atoms with van der Waals surface area (Å²) in [6.45, 7) is 4.03. The van der Waals surface area contributed by atoms with Gasteiger partial charge in [-0.15, -0.1) is 0 Å². The Morgan fingerprint density at radius 1 is 1.28 bits per heavy atom. The second kappa shape index (κ2) is 9.02. The fraction of sp³-hybridized carbons (Fsp3) is 0.619. The maximum absolute atomic E-state index is 12.5. The number of carbonyl (C=O) groups is 1. The third-order valence-corrected chi connectivity index (χ3v) is 5.53. The third kappa shape index (κ3) is 4.83. The molecule has 25 heavy (non-hydrogen) atoms. The molecule has 1 aromatic rings. The summed E-state index contributed by atoms with van der Waals surface area (Å²) in [6, 6.07) is 2.59. The molecular formula is C21H31N3O. The van der Waals surface area contributed by atoms with Crippen LogP contribution in [0.25, 0.3) is 0 Å². The molecule has 1 amide bonds. The Morgan fingerprint density at radius 3 is 3.00 bits per heavy atom. The molecule has 136 valence electrons. The zero-order valence-electron chi connectivity index (χ0n) is 15.5. The molecule has 1 aliphatic heterocycles. The maximum Gasteiger partial charge on any atom is 0.252 e. The van der Waals surface area contributed by atoms with E-state index in [2.05, 4.69) is 28.2 Å². The number of piperidine rings is 1. The van der Waals surface area contributed by atoms with Crippen LogP contribution in [0.4, 0.5) is 5.69 Å². The van der Waals surface area contributed by atoms with E-state index in [1.165, 1.54) is 50.5 Å². The number of hydrogen-bond acceptors (Lipinski definition) is 3. The molecule has 1 atom stereocenters. The zero-order valence-corrected chi connectivity index (χ0v) is 15.5. The van der Waals surface area contributed by atoms with Crippen LogP contribution < -0.4 is 10.2 Å². The largest absolute Gasteiger partial charge is 0.367 e. The van der Waals surface area contributed by atoms with Crippen molar-refractivity contribution in [3.05, 3.63) is 35.7 Å². The predicted molar refractivity (Wildman–Crippen MR) is 103 cm³/mol. The zero-order chi connectivity index (χ0) is 17.5. The summed E-state index contributed by atoms with van der Waals surface area (Å²) in [5.41, 5.74) is 3.27. The molecule has 4 nitrogen and oxygen atoms in total. The number of carbonyl (C=O) groups excluding carboxylic acids is 1. The Kier molecular flexibility index (Phi) is 6.48. The van der Waals surface area contributed by atoms with Gasteiger partial charge >= 0.3 is 0 Å². The first-order chi connectivity index (χ1) is 12.3. The van der Waals surface area contributed by atoms with E-state index in [1.807, 2.05) is 12.3 Å². The number of hydrogen-bond donors (Lipinski definition) is 1. The Bertz CT molecular complexity index is 611. The van der Waals surface area contributed by atoms with Crippen LogP contribution >= 0.6 is 0 Å². The molecule has 0 bridgehead atoms. The molecule has 3 rings (SSSR count). The summed E-state index contributed by atoms with van der Waals surface area (Å²) in [5, 5.41) is 3.06. The van der Waals surface area contributed by atoms with E-state index in [4.69, 9.17) is 0 Å². The number of allylic oxidation sites excluding steroid dienone is 1. The second-order valence-electron chi connectivity index (χ2n) is 7.30. The average Bonchev–Trinajstić information content (AvgIpc) is 2.69. The highest BCUT2D eigenvalue weighted by atomic mass is 16.1. The Hall–Kier alpha value is -1.84. The fourth-order valence-corrected chi connectivity index (χ4v) is 4.04. The van der Waals surface area contributed by atoms with Crippen LogP contribution in [0.2, 0.25) is 0 Å². The van der Waals surface area contributed by atoms with E-state index in [0.29, 0.717) is 11.6 Å². The van der Waals surface area contributed by atoms with Crippen LogP contribution in [0.3, 0.4) is 0 Å². The predicted octanol–water partition coefficient (Wildman–Crippen LogP) is 4.47. The minimum atomic E-state index is -0.00387. The number of pyridine rings is 1. The lowest BCUT2D eigenvalue weighted by Crippen LogP contribution is -2.39. The molecule has 0 saturated carbocycles. The van der Waals surface area contributed by atoms with Crippen molar-refractivity contribution < 1.29 is 4.79 Å². The number of rotatable bonds is 6. The third-order valence-electron chi connectivity index (χ3n) is 5.53. The standard InChI is InChI=1S/C21H31N3O/c1-2-19-10-6-7-13-24(19)20-14-18(15-22-16-20)21(25)23-12-11-17-8-4-3-5-9-17/h8,14-16,19H,2-7,9-13H2,1H3,(H,23,25). The van der Waals surface area contributed by atoms with Crippen molar-refractivity contribution in [1.29, 1.82) is 0 Å². The van der Waals surface area contributed by atoms with Crippen molar-refractivity contribution in [2.45, 2.75) is 70.8 Å². The summed E-state index contributed by atoms with van der Waals surface area (Å²) < 4.78 is 0. The first-order valence-electron chi connectivity index (χ1n) is 9.95. The van der Waals surface area contributed by atoms with Crippen LogP contribution in [0.5, 0.6) is 0 Å². The lowest BCUT2D eigenvalue weighted by molar-refractivity contribution is 0.0953. The van der Waals surface area contributed by atoms with Crippen LogP contribution in [0.1, 0.15) is 75.1 Å². The van der Waals surface area contributed by atoms with Crippen LogP contribution in [0.15, 0.2) is 30.1 Å². The van der Waals surface area contributed by atoms with Gasteiger partial charge in [-0.2, -0.15) is 0 Å². The van der Waals surface area contributed by atoms with Gasteiger partial charge in [-0.1, -0.05) is 18.6 Å². The van der Waals surface area contributed by atoms with Crippen molar-refractivity contribution in [3.63, 3.8) is 0 Å². The number of amides is 1. The van der Waals surface area contributed by atoms with Gasteiger partial charge in [0.25, 0.3) is 5.91 Å². The van der Waals surface area contributed by atoms with Gasteiger partial charge in [0.1, 0.15) is 0 Å². The van der Waals surface area contributed by atoms with Crippen LogP contribution in [0, 0.1) is 0 Å². The van der Waals surface area contributed by atoms with Crippen LogP contribution in [-0.4, -0.2) is 30.0 Å². The van der Waals surface area contributed by atoms with Gasteiger partial charge in [-0.3, -0.25) is 9.78 Å². The van der Waals surface area contributed by atoms with Crippen LogP contribution in [-0.2, 0) is 0 Å². The fourth-order valence-electron chi connectivity index (χ4n) is 4.04. The first kappa shape index (κ1) is 18.0. The highest BCUT2D eigenvalue weighted by molar-refractivity contribution is 5.94. The number of aromatic nitrogens is 1. The summed E-state index contributed by atoms with van der Waals surface area (Å²) >= 11 is 0. The second-order valence-corrected chi connectivity index (χ2v) is 7.30. The van der Waals surface area contributed by atoms with E-state index in [0.717, 1.165) is 31.6 Å². The minimum Gasteiger partial charge on any atom is -0.367 e. The van der Waals surface area contributed by atoms with Crippen molar-refractivity contribution >= 4 is 11.6 Å². The molecule has 1 fully saturated rings. The SMILES string of the molecule is CCC1CCCCN1c1cncc(C(=O)NCCC2=CCCCC2)c1. The summed E-state index contributed by atoms with van der Waals surface area (Å²) in [7, 11) is 0. The summed E-state index contributed by atoms with van der Waals surface area (Å²) in [5.74, 6) is -0.00387. The molecule has 1 aromatic heterocycles. The molecule has 4 heteroatoms. The van der Waals surface area contributed by atoms with E-state index in [-0.39, 0.29) is 5.91 Å². The average molecular weight is 341 g/mol. The molecule has 2 aliphatic rings. The molecular weight excluding hydrogens is 310 g/mol. The smallest absolute Gasteiger partial charge is 0.252 e. The monoisotopic (exact) mass is 341 g/mol. The molecule has 0 spiro atoms. The highest BCUT2D eigenvalue weighted by Gasteiger charge is 2.22. The van der Waals surface area contributed by atoms with E-state index >= 15 is 0 Å². The van der Waals surface area contributed by atoms with E-state index < -0.39 is 0 Å². The number of nitrogens with one attached hydrogen (secondary N) is 1. The number of nitrogens with zero attached hydrogens (tertiary/aromatic N) is 2. The highest BCUT2D eigenvalue weighted by Crippen LogP contribution is 2.26. The van der Waals surface area contributed by atoms with Gasteiger partial charge in [-0.25, -0.2) is 0 Å². The lowest BCUT2D eigenvalue weighted by Gasteiger charge is -2.37. The molecule has 0 radical (unpaired) electrons. The Balaban J connectivity index is 1.58. The van der Waals surface area contributed by atoms with Gasteiger partial charge in [0.2, 0.25) is 0 Å². The summed E-state index contributed by atoms with van der Waals surface area (Å²) in [4.78, 5) is 19.2. The Morgan fingerprint density at radius 2 is 2.20 bits per heavy atom. The molecule has 1 N–H and O–H groups in total. The van der Waals surface area contributed by atoms with Gasteiger partial charge in [-0.05, 0) is 63.9 Å². The van der Waals surface area contributed by atoms with Crippen molar-refractivity contribution in [2.75, 3.05) is 18.0 Å². The maximum atomic E-state index is 12.5. The molecule has 0 aromatic carbocycles. The molecule has 1 unspecified atom stereocenters. The van der Waals surface area contributed by atoms with Crippen molar-refractivity contribution in [1.82, 2.24) is 10.3 Å². The Labute approximate surface area is 151 Å². The van der Waals surface area contributed by atoms with Gasteiger partial charge in [0.05, 0.1) is 17.4 Å².